The van der Waals surface area contributed by atoms with Crippen molar-refractivity contribution in [2.24, 2.45) is 0 Å². The van der Waals surface area contributed by atoms with Crippen LogP contribution in [0.4, 0.5) is 5.82 Å². The van der Waals surface area contributed by atoms with Gasteiger partial charge < -0.3 is 10.1 Å². The van der Waals surface area contributed by atoms with Crippen LogP contribution in [0, 0.1) is 6.92 Å². The number of fused-ring (bicyclic) bond motifs is 1. The number of ether oxygens (including phenoxy) is 1. The van der Waals surface area contributed by atoms with Crippen LogP contribution in [-0.2, 0) is 9.59 Å². The van der Waals surface area contributed by atoms with Gasteiger partial charge in [-0.2, -0.15) is 5.10 Å². The van der Waals surface area contributed by atoms with Crippen molar-refractivity contribution in [3.63, 3.8) is 0 Å². The number of aromatic nitrogens is 2. The molecule has 1 atom stereocenters. The van der Waals surface area contributed by atoms with E-state index in [1.54, 1.807) is 28.5 Å². The molecule has 0 spiro atoms. The molecule has 2 heterocycles. The molecule has 1 aliphatic heterocycles. The van der Waals surface area contributed by atoms with Crippen molar-refractivity contribution in [2.45, 2.75) is 25.5 Å². The SMILES string of the molecule is CCCNC(=O)CN1C(=O)CSC(c2ccccc2C)c2c(-c3ccccc3)nn(-c3ccc(OC)cc3)c21. The first-order valence-corrected chi connectivity index (χ1v) is 14.1. The van der Waals surface area contributed by atoms with Crippen LogP contribution in [0.3, 0.4) is 0 Å². The van der Waals surface area contributed by atoms with Crippen LogP contribution >= 0.6 is 11.8 Å². The van der Waals surface area contributed by atoms with E-state index in [4.69, 9.17) is 9.84 Å². The van der Waals surface area contributed by atoms with Crippen LogP contribution in [0.1, 0.15) is 35.3 Å². The Morgan fingerprint density at radius 2 is 1.77 bits per heavy atom. The van der Waals surface area contributed by atoms with Crippen LogP contribution in [0.5, 0.6) is 5.75 Å². The van der Waals surface area contributed by atoms with Crippen molar-refractivity contribution in [2.75, 3.05) is 30.9 Å². The fourth-order valence-corrected chi connectivity index (χ4v) is 6.12. The zero-order valence-electron chi connectivity index (χ0n) is 22.4. The molecule has 7 nitrogen and oxygen atoms in total. The van der Waals surface area contributed by atoms with Crippen molar-refractivity contribution in [3.05, 3.63) is 95.6 Å². The molecule has 200 valence electrons. The number of nitrogens with zero attached hydrogens (tertiary/aromatic N) is 3. The molecule has 3 aromatic carbocycles. The molecule has 0 bridgehead atoms. The Hall–Kier alpha value is -4.04. The van der Waals surface area contributed by atoms with Crippen molar-refractivity contribution in [3.8, 4) is 22.7 Å². The maximum Gasteiger partial charge on any atom is 0.240 e. The number of anilines is 1. The summed E-state index contributed by atoms with van der Waals surface area (Å²) >= 11 is 1.58. The minimum atomic E-state index is -0.195. The summed E-state index contributed by atoms with van der Waals surface area (Å²) in [5.74, 6) is 1.26. The molecule has 0 fully saturated rings. The lowest BCUT2D eigenvalue weighted by atomic mass is 9.97. The average Bonchev–Trinajstić information content (AvgIpc) is 3.30. The van der Waals surface area contributed by atoms with Crippen LogP contribution in [0.2, 0.25) is 0 Å². The van der Waals surface area contributed by atoms with Crippen LogP contribution in [0.15, 0.2) is 78.9 Å². The van der Waals surface area contributed by atoms with E-state index in [1.165, 1.54) is 0 Å². The van der Waals surface area contributed by atoms with Gasteiger partial charge >= 0.3 is 0 Å². The van der Waals surface area contributed by atoms with Crippen LogP contribution in [0.25, 0.3) is 16.9 Å². The Bertz CT molecular complexity index is 1470. The van der Waals surface area contributed by atoms with Gasteiger partial charge in [0.1, 0.15) is 18.1 Å². The molecular formula is C31H32N4O3S. The fourth-order valence-electron chi connectivity index (χ4n) is 4.82. The topological polar surface area (TPSA) is 76.5 Å². The Labute approximate surface area is 233 Å². The zero-order valence-corrected chi connectivity index (χ0v) is 23.2. The summed E-state index contributed by atoms with van der Waals surface area (Å²) in [6.07, 6.45) is 0.818. The Kier molecular flexibility index (Phi) is 8.02. The predicted molar refractivity (Wildman–Crippen MR) is 157 cm³/mol. The number of carbonyl (C=O) groups excluding carboxylic acids is 2. The van der Waals surface area contributed by atoms with Gasteiger partial charge in [0.2, 0.25) is 11.8 Å². The Balaban J connectivity index is 1.79. The highest BCUT2D eigenvalue weighted by Crippen LogP contribution is 2.49. The highest BCUT2D eigenvalue weighted by molar-refractivity contribution is 8.00. The van der Waals surface area contributed by atoms with E-state index in [0.717, 1.165) is 45.8 Å². The molecule has 1 N–H and O–H groups in total. The van der Waals surface area contributed by atoms with E-state index in [0.29, 0.717) is 12.4 Å². The molecule has 0 aliphatic carbocycles. The summed E-state index contributed by atoms with van der Waals surface area (Å²) < 4.78 is 7.18. The highest BCUT2D eigenvalue weighted by Gasteiger charge is 2.38. The largest absolute Gasteiger partial charge is 0.497 e. The lowest BCUT2D eigenvalue weighted by Crippen LogP contribution is -2.42. The van der Waals surface area contributed by atoms with E-state index in [2.05, 4.69) is 24.4 Å². The van der Waals surface area contributed by atoms with Crippen molar-refractivity contribution in [1.29, 1.82) is 0 Å². The van der Waals surface area contributed by atoms with Crippen LogP contribution < -0.4 is 15.0 Å². The van der Waals surface area contributed by atoms with Gasteiger partial charge in [-0.1, -0.05) is 61.5 Å². The number of benzene rings is 3. The van der Waals surface area contributed by atoms with Gasteiger partial charge in [-0.3, -0.25) is 14.5 Å². The van der Waals surface area contributed by atoms with Gasteiger partial charge in [-0.15, -0.1) is 11.8 Å². The number of amides is 2. The smallest absolute Gasteiger partial charge is 0.240 e. The maximum atomic E-state index is 13.7. The number of nitrogens with one attached hydrogen (secondary N) is 1. The number of rotatable bonds is 8. The van der Waals surface area contributed by atoms with Crippen LogP contribution in [-0.4, -0.2) is 47.5 Å². The second-order valence-corrected chi connectivity index (χ2v) is 10.5. The molecule has 1 aliphatic rings. The van der Waals surface area contributed by atoms with Gasteiger partial charge in [0.05, 0.1) is 29.5 Å². The fraction of sp³-hybridized carbons (Fsp3) is 0.258. The van der Waals surface area contributed by atoms with Gasteiger partial charge in [0, 0.05) is 17.7 Å². The average molecular weight is 541 g/mol. The van der Waals surface area contributed by atoms with E-state index < -0.39 is 0 Å². The van der Waals surface area contributed by atoms with Gasteiger partial charge in [0.25, 0.3) is 0 Å². The molecule has 5 rings (SSSR count). The molecule has 4 aromatic rings. The molecule has 1 unspecified atom stereocenters. The van der Waals surface area contributed by atoms with E-state index >= 15 is 0 Å². The predicted octanol–water partition coefficient (Wildman–Crippen LogP) is 5.55. The monoisotopic (exact) mass is 540 g/mol. The summed E-state index contributed by atoms with van der Waals surface area (Å²) in [6.45, 7) is 4.57. The van der Waals surface area contributed by atoms with E-state index in [1.807, 2.05) is 73.7 Å². The number of methoxy groups -OCH3 is 1. The highest BCUT2D eigenvalue weighted by atomic mass is 32.2. The van der Waals surface area contributed by atoms with Crippen molar-refractivity contribution in [1.82, 2.24) is 15.1 Å². The third-order valence-corrected chi connectivity index (χ3v) is 8.03. The van der Waals surface area contributed by atoms with Gasteiger partial charge in [-0.25, -0.2) is 4.68 Å². The number of thioether (sulfide) groups is 1. The molecule has 39 heavy (non-hydrogen) atoms. The first-order valence-electron chi connectivity index (χ1n) is 13.1. The number of carbonyl (C=O) groups is 2. The molecule has 2 amide bonds. The minimum absolute atomic E-state index is 0.0804. The number of aryl methyl sites for hydroxylation is 1. The van der Waals surface area contributed by atoms with Gasteiger partial charge in [-0.05, 0) is 48.7 Å². The summed E-state index contributed by atoms with van der Waals surface area (Å²) in [6, 6.07) is 25.9. The first kappa shape index (κ1) is 26.6. The lowest BCUT2D eigenvalue weighted by molar-refractivity contribution is -0.122. The summed E-state index contributed by atoms with van der Waals surface area (Å²) in [5, 5.41) is 7.90. The van der Waals surface area contributed by atoms with Crippen molar-refractivity contribution < 1.29 is 14.3 Å². The minimum Gasteiger partial charge on any atom is -0.497 e. The quantitative estimate of drug-likeness (QED) is 0.317. The third-order valence-electron chi connectivity index (χ3n) is 6.80. The molecule has 0 saturated carbocycles. The second kappa shape index (κ2) is 11.8. The second-order valence-electron chi connectivity index (χ2n) is 9.44. The number of hydrogen-bond donors (Lipinski definition) is 1. The zero-order chi connectivity index (χ0) is 27.4. The number of hydrogen-bond acceptors (Lipinski definition) is 5. The Morgan fingerprint density at radius 1 is 1.05 bits per heavy atom. The molecule has 0 saturated heterocycles. The summed E-state index contributed by atoms with van der Waals surface area (Å²) in [5.41, 5.74) is 5.70. The van der Waals surface area contributed by atoms with Crippen molar-refractivity contribution >= 4 is 29.4 Å². The normalized spacial score (nSPS) is 15.0. The lowest BCUT2D eigenvalue weighted by Gasteiger charge is -2.23. The summed E-state index contributed by atoms with van der Waals surface area (Å²) in [4.78, 5) is 28.3. The molecule has 8 heteroatoms. The first-order chi connectivity index (χ1) is 19.0. The van der Waals surface area contributed by atoms with E-state index in [-0.39, 0.29) is 29.4 Å². The van der Waals surface area contributed by atoms with E-state index in [9.17, 15) is 9.59 Å². The maximum absolute atomic E-state index is 13.7. The Morgan fingerprint density at radius 3 is 2.46 bits per heavy atom. The molecular weight excluding hydrogens is 508 g/mol. The van der Waals surface area contributed by atoms with Gasteiger partial charge in [0.15, 0.2) is 0 Å². The molecule has 1 aromatic heterocycles. The summed E-state index contributed by atoms with van der Waals surface area (Å²) in [7, 11) is 1.63. The molecule has 0 radical (unpaired) electrons. The standard InChI is InChI=1S/C31H32N4O3S/c1-4-18-32-26(36)19-34-27(37)20-39-30(25-13-9-8-10-21(25)2)28-29(22-11-6-5-7-12-22)33-35(31(28)34)23-14-16-24(38-3)17-15-23/h5-17,30H,4,18-20H2,1-3H3,(H,32,36). The third kappa shape index (κ3) is 5.43.